The summed E-state index contributed by atoms with van der Waals surface area (Å²) >= 11 is 0. The molecule has 0 atom stereocenters. The number of nitrogens with zero attached hydrogens (tertiary/aromatic N) is 3. The molecule has 0 amide bonds. The van der Waals surface area contributed by atoms with Gasteiger partial charge in [0.25, 0.3) is 0 Å². The van der Waals surface area contributed by atoms with Crippen LogP contribution in [-0.2, 0) is 11.3 Å². The molecule has 1 saturated heterocycles. The predicted octanol–water partition coefficient (Wildman–Crippen LogP) is 3.90. The fourth-order valence-corrected chi connectivity index (χ4v) is 3.19. The zero-order valence-corrected chi connectivity index (χ0v) is 15.6. The van der Waals surface area contributed by atoms with Gasteiger partial charge >= 0.3 is 0 Å². The van der Waals surface area contributed by atoms with Crippen molar-refractivity contribution in [3.05, 3.63) is 71.8 Å². The number of anilines is 2. The molecule has 5 nitrogen and oxygen atoms in total. The molecule has 5 heteroatoms. The van der Waals surface area contributed by atoms with E-state index in [-0.39, 0.29) is 0 Å². The summed E-state index contributed by atoms with van der Waals surface area (Å²) < 4.78 is 5.48. The molecule has 0 bridgehead atoms. The molecule has 0 radical (unpaired) electrons. The normalized spacial score (nSPS) is 14.2. The van der Waals surface area contributed by atoms with Gasteiger partial charge in [0.1, 0.15) is 11.6 Å². The molecule has 0 saturated carbocycles. The zero-order valence-electron chi connectivity index (χ0n) is 15.6. The van der Waals surface area contributed by atoms with Gasteiger partial charge in [0.15, 0.2) is 5.82 Å². The van der Waals surface area contributed by atoms with Crippen molar-refractivity contribution >= 4 is 11.6 Å². The molecule has 2 aromatic carbocycles. The van der Waals surface area contributed by atoms with Crippen molar-refractivity contribution in [1.82, 2.24) is 9.97 Å². The van der Waals surface area contributed by atoms with Gasteiger partial charge in [0.2, 0.25) is 0 Å². The van der Waals surface area contributed by atoms with Gasteiger partial charge in [-0.15, -0.1) is 0 Å². The van der Waals surface area contributed by atoms with Crippen molar-refractivity contribution in [1.29, 1.82) is 0 Å². The summed E-state index contributed by atoms with van der Waals surface area (Å²) in [5.74, 6) is 2.53. The van der Waals surface area contributed by atoms with E-state index in [4.69, 9.17) is 14.7 Å². The second-order valence-corrected chi connectivity index (χ2v) is 6.68. The molecule has 4 rings (SSSR count). The van der Waals surface area contributed by atoms with Crippen LogP contribution in [0.5, 0.6) is 0 Å². The van der Waals surface area contributed by atoms with Gasteiger partial charge in [-0.05, 0) is 18.1 Å². The SMILES string of the molecule is Cc1ccccc1CNc1cc(N2CCOCC2)nc(-c2ccccc2)n1. The van der Waals surface area contributed by atoms with Crippen LogP contribution >= 0.6 is 0 Å². The molecule has 1 fully saturated rings. The minimum Gasteiger partial charge on any atom is -0.378 e. The van der Waals surface area contributed by atoms with Crippen LogP contribution in [0.1, 0.15) is 11.1 Å². The van der Waals surface area contributed by atoms with Gasteiger partial charge in [0.05, 0.1) is 13.2 Å². The number of rotatable bonds is 5. The third-order valence-corrected chi connectivity index (χ3v) is 4.80. The number of hydrogen-bond donors (Lipinski definition) is 1. The third-order valence-electron chi connectivity index (χ3n) is 4.80. The summed E-state index contributed by atoms with van der Waals surface area (Å²) in [5, 5.41) is 3.48. The highest BCUT2D eigenvalue weighted by atomic mass is 16.5. The van der Waals surface area contributed by atoms with E-state index in [2.05, 4.69) is 41.4 Å². The monoisotopic (exact) mass is 360 g/mol. The van der Waals surface area contributed by atoms with E-state index in [1.807, 2.05) is 36.4 Å². The van der Waals surface area contributed by atoms with E-state index in [0.717, 1.165) is 55.9 Å². The third kappa shape index (κ3) is 4.26. The van der Waals surface area contributed by atoms with E-state index in [0.29, 0.717) is 0 Å². The molecule has 1 aliphatic heterocycles. The number of hydrogen-bond acceptors (Lipinski definition) is 5. The second kappa shape index (κ2) is 8.18. The summed E-state index contributed by atoms with van der Waals surface area (Å²) in [4.78, 5) is 11.8. The fourth-order valence-electron chi connectivity index (χ4n) is 3.19. The Morgan fingerprint density at radius 3 is 2.48 bits per heavy atom. The number of morpholine rings is 1. The van der Waals surface area contributed by atoms with Crippen molar-refractivity contribution in [3.8, 4) is 11.4 Å². The molecular weight excluding hydrogens is 336 g/mol. The highest BCUT2D eigenvalue weighted by Crippen LogP contribution is 2.23. The Kier molecular flexibility index (Phi) is 5.30. The molecule has 138 valence electrons. The van der Waals surface area contributed by atoms with Gasteiger partial charge < -0.3 is 15.0 Å². The van der Waals surface area contributed by atoms with E-state index >= 15 is 0 Å². The van der Waals surface area contributed by atoms with Crippen molar-refractivity contribution in [2.45, 2.75) is 13.5 Å². The van der Waals surface area contributed by atoms with Gasteiger partial charge in [-0.1, -0.05) is 54.6 Å². The molecule has 0 unspecified atom stereocenters. The van der Waals surface area contributed by atoms with Crippen LogP contribution in [0.3, 0.4) is 0 Å². The average Bonchev–Trinajstić information content (AvgIpc) is 2.74. The predicted molar refractivity (Wildman–Crippen MR) is 109 cm³/mol. The lowest BCUT2D eigenvalue weighted by atomic mass is 10.1. The van der Waals surface area contributed by atoms with Crippen LogP contribution in [0.25, 0.3) is 11.4 Å². The van der Waals surface area contributed by atoms with E-state index in [1.54, 1.807) is 0 Å². The van der Waals surface area contributed by atoms with Crippen molar-refractivity contribution in [3.63, 3.8) is 0 Å². The zero-order chi connectivity index (χ0) is 18.5. The van der Waals surface area contributed by atoms with E-state index in [9.17, 15) is 0 Å². The summed E-state index contributed by atoms with van der Waals surface area (Å²) in [6.45, 7) is 6.03. The first-order valence-corrected chi connectivity index (χ1v) is 9.35. The Bertz CT molecular complexity index is 892. The Balaban J connectivity index is 1.64. The molecule has 2 heterocycles. The minimum absolute atomic E-state index is 0.733. The first-order valence-electron chi connectivity index (χ1n) is 9.35. The maximum absolute atomic E-state index is 5.48. The number of benzene rings is 2. The van der Waals surface area contributed by atoms with E-state index < -0.39 is 0 Å². The number of ether oxygens (including phenoxy) is 1. The molecule has 27 heavy (non-hydrogen) atoms. The fraction of sp³-hybridized carbons (Fsp3) is 0.273. The Morgan fingerprint density at radius 1 is 0.963 bits per heavy atom. The van der Waals surface area contributed by atoms with Crippen molar-refractivity contribution in [2.75, 3.05) is 36.5 Å². The number of nitrogens with one attached hydrogen (secondary N) is 1. The maximum atomic E-state index is 5.48. The summed E-state index contributed by atoms with van der Waals surface area (Å²) in [7, 11) is 0. The molecule has 3 aromatic rings. The molecular formula is C22H24N4O. The number of aromatic nitrogens is 2. The van der Waals surface area contributed by atoms with Gasteiger partial charge in [-0.2, -0.15) is 0 Å². The lowest BCUT2D eigenvalue weighted by Gasteiger charge is -2.28. The largest absolute Gasteiger partial charge is 0.378 e. The smallest absolute Gasteiger partial charge is 0.163 e. The first kappa shape index (κ1) is 17.5. The molecule has 1 N–H and O–H groups in total. The Morgan fingerprint density at radius 2 is 1.70 bits per heavy atom. The second-order valence-electron chi connectivity index (χ2n) is 6.68. The van der Waals surface area contributed by atoms with Crippen LogP contribution in [0, 0.1) is 6.92 Å². The molecule has 1 aliphatic rings. The quantitative estimate of drug-likeness (QED) is 0.748. The summed E-state index contributed by atoms with van der Waals surface area (Å²) in [6.07, 6.45) is 0. The lowest BCUT2D eigenvalue weighted by molar-refractivity contribution is 0.122. The van der Waals surface area contributed by atoms with Crippen molar-refractivity contribution in [2.24, 2.45) is 0 Å². The highest BCUT2D eigenvalue weighted by molar-refractivity contribution is 5.62. The van der Waals surface area contributed by atoms with Crippen molar-refractivity contribution < 1.29 is 4.74 Å². The van der Waals surface area contributed by atoms with Crippen LogP contribution < -0.4 is 10.2 Å². The lowest BCUT2D eigenvalue weighted by Crippen LogP contribution is -2.36. The van der Waals surface area contributed by atoms with Crippen LogP contribution in [0.15, 0.2) is 60.7 Å². The molecule has 1 aromatic heterocycles. The summed E-state index contributed by atoms with van der Waals surface area (Å²) in [5.41, 5.74) is 3.56. The van der Waals surface area contributed by atoms with Gasteiger partial charge in [-0.25, -0.2) is 9.97 Å². The highest BCUT2D eigenvalue weighted by Gasteiger charge is 2.15. The molecule has 0 aliphatic carbocycles. The van der Waals surface area contributed by atoms with E-state index in [1.165, 1.54) is 11.1 Å². The van der Waals surface area contributed by atoms with Crippen LogP contribution in [-0.4, -0.2) is 36.3 Å². The first-order chi connectivity index (χ1) is 13.3. The van der Waals surface area contributed by atoms with Gasteiger partial charge in [0, 0.05) is 31.3 Å². The Hall–Kier alpha value is -2.92. The average molecular weight is 360 g/mol. The summed E-state index contributed by atoms with van der Waals surface area (Å²) in [6, 6.07) is 20.6. The molecule has 0 spiro atoms. The standard InChI is InChI=1S/C22H24N4O/c1-17-7-5-6-10-19(17)16-23-20-15-21(26-11-13-27-14-12-26)25-22(24-20)18-8-3-2-4-9-18/h2-10,15H,11-14,16H2,1H3,(H,23,24,25). The minimum atomic E-state index is 0.733. The van der Waals surface area contributed by atoms with Crippen LogP contribution in [0.4, 0.5) is 11.6 Å². The maximum Gasteiger partial charge on any atom is 0.163 e. The van der Waals surface area contributed by atoms with Crippen LogP contribution in [0.2, 0.25) is 0 Å². The van der Waals surface area contributed by atoms with Gasteiger partial charge in [-0.3, -0.25) is 0 Å². The topological polar surface area (TPSA) is 50.3 Å². The Labute approximate surface area is 160 Å². The number of aryl methyl sites for hydroxylation is 1.